The Morgan fingerprint density at radius 3 is 2.25 bits per heavy atom. The number of carbonyl (C=O) groups is 1. The summed E-state index contributed by atoms with van der Waals surface area (Å²) < 4.78 is 0. The topological polar surface area (TPSA) is 153 Å². The zero-order valence-electron chi connectivity index (χ0n) is 15.3. The summed E-state index contributed by atoms with van der Waals surface area (Å²) in [4.78, 5) is 16.1. The van der Waals surface area contributed by atoms with E-state index in [0.717, 1.165) is 23.5 Å². The minimum atomic E-state index is -0.513. The summed E-state index contributed by atoms with van der Waals surface area (Å²) in [5.74, 6) is 0.498. The minimum Gasteiger partial charge on any atom is -0.378 e. The lowest BCUT2D eigenvalue weighted by molar-refractivity contribution is -0.118. The van der Waals surface area contributed by atoms with E-state index in [4.69, 9.17) is 39.3 Å². The number of halogens is 1. The van der Waals surface area contributed by atoms with Crippen molar-refractivity contribution >= 4 is 73.2 Å². The number of amides is 1. The van der Waals surface area contributed by atoms with Crippen LogP contribution >= 0.6 is 46.9 Å². The van der Waals surface area contributed by atoms with E-state index in [1.807, 2.05) is 0 Å². The van der Waals surface area contributed by atoms with Gasteiger partial charge in [0, 0.05) is 17.9 Å². The van der Waals surface area contributed by atoms with E-state index in [9.17, 15) is 4.79 Å². The van der Waals surface area contributed by atoms with Crippen molar-refractivity contribution in [2.24, 2.45) is 16.5 Å². The fourth-order valence-corrected chi connectivity index (χ4v) is 4.50. The number of hydrogen-bond acceptors (Lipinski definition) is 7. The van der Waals surface area contributed by atoms with Gasteiger partial charge in [0.05, 0.1) is 16.0 Å². The highest BCUT2D eigenvalue weighted by atomic mass is 35.5. The standard InChI is InChI=1S/C17H23ClN6OS3/c1-10(11-4-2-3-5-12(11)18)15(25)24-17(23)28-14(20)7-9-26-8-6-13(19)27-16(21)22/h2-5,10,19-20H,6-9H2,1H3,(H3,21,22)(H2,23,24,25). The van der Waals surface area contributed by atoms with Gasteiger partial charge < -0.3 is 11.5 Å². The molecule has 0 fully saturated rings. The molecule has 0 spiro atoms. The van der Waals surface area contributed by atoms with Gasteiger partial charge in [0.15, 0.2) is 10.3 Å². The molecule has 28 heavy (non-hydrogen) atoms. The van der Waals surface area contributed by atoms with Crippen LogP contribution < -0.4 is 11.5 Å². The fourth-order valence-electron chi connectivity index (χ4n) is 1.98. The first-order valence-electron chi connectivity index (χ1n) is 8.25. The normalized spacial score (nSPS) is 12.4. The van der Waals surface area contributed by atoms with Crippen LogP contribution in [0.3, 0.4) is 0 Å². The van der Waals surface area contributed by atoms with Crippen LogP contribution in [0.25, 0.3) is 0 Å². The maximum absolute atomic E-state index is 12.3. The van der Waals surface area contributed by atoms with Gasteiger partial charge in [-0.15, -0.1) is 0 Å². The molecule has 0 aromatic heterocycles. The average Bonchev–Trinajstić information content (AvgIpc) is 2.60. The fraction of sp³-hybridized carbons (Fsp3) is 0.353. The highest BCUT2D eigenvalue weighted by Crippen LogP contribution is 2.25. The van der Waals surface area contributed by atoms with Gasteiger partial charge in [-0.1, -0.05) is 29.8 Å². The first-order valence-corrected chi connectivity index (χ1v) is 11.4. The lowest BCUT2D eigenvalue weighted by Crippen LogP contribution is -2.16. The smallest absolute Gasteiger partial charge is 0.255 e. The third-order valence-electron chi connectivity index (χ3n) is 3.37. The zero-order valence-corrected chi connectivity index (χ0v) is 18.5. The molecule has 7 N–H and O–H groups in total. The molecule has 152 valence electrons. The highest BCUT2D eigenvalue weighted by molar-refractivity contribution is 8.26. The van der Waals surface area contributed by atoms with Crippen LogP contribution in [0.5, 0.6) is 0 Å². The average molecular weight is 459 g/mol. The molecule has 1 atom stereocenters. The minimum absolute atomic E-state index is 0.0403. The molecule has 0 radical (unpaired) electrons. The molecule has 0 aliphatic heterocycles. The molecule has 1 amide bonds. The molecule has 1 aromatic rings. The number of rotatable bonds is 8. The summed E-state index contributed by atoms with van der Waals surface area (Å²) >= 11 is 9.62. The summed E-state index contributed by atoms with van der Waals surface area (Å²) in [6.45, 7) is 1.72. The third-order valence-corrected chi connectivity index (χ3v) is 6.12. The third kappa shape index (κ3) is 9.63. The van der Waals surface area contributed by atoms with E-state index in [1.165, 1.54) is 0 Å². The van der Waals surface area contributed by atoms with Crippen molar-refractivity contribution in [1.82, 2.24) is 0 Å². The van der Waals surface area contributed by atoms with Crippen molar-refractivity contribution in [3.8, 4) is 0 Å². The van der Waals surface area contributed by atoms with Crippen molar-refractivity contribution in [1.29, 1.82) is 16.2 Å². The number of nitrogens with one attached hydrogen (secondary N) is 3. The summed E-state index contributed by atoms with van der Waals surface area (Å²) in [5.41, 5.74) is 11.7. The Labute approximate surface area is 182 Å². The number of nitrogens with two attached hydrogens (primary N) is 2. The van der Waals surface area contributed by atoms with Crippen molar-refractivity contribution < 1.29 is 4.79 Å². The number of nitrogens with zero attached hydrogens (tertiary/aromatic N) is 1. The van der Waals surface area contributed by atoms with Gasteiger partial charge in [0.1, 0.15) is 0 Å². The Hall–Kier alpha value is -1.49. The van der Waals surface area contributed by atoms with Crippen LogP contribution in [0, 0.1) is 16.2 Å². The van der Waals surface area contributed by atoms with Gasteiger partial charge in [-0.2, -0.15) is 16.8 Å². The molecular formula is C17H23ClN6OS3. The number of hydrogen-bond donors (Lipinski definition) is 5. The molecule has 0 saturated carbocycles. The second-order valence-electron chi connectivity index (χ2n) is 5.56. The Bertz CT molecular complexity index is 771. The van der Waals surface area contributed by atoms with E-state index in [1.54, 1.807) is 43.0 Å². The van der Waals surface area contributed by atoms with Gasteiger partial charge in [-0.25, -0.2) is 0 Å². The van der Waals surface area contributed by atoms with Gasteiger partial charge in [0.25, 0.3) is 5.91 Å². The molecule has 1 unspecified atom stereocenters. The predicted molar refractivity (Wildman–Crippen MR) is 126 cm³/mol. The maximum atomic E-state index is 12.3. The van der Waals surface area contributed by atoms with Crippen molar-refractivity contribution in [2.75, 3.05) is 11.5 Å². The molecule has 0 saturated heterocycles. The SMILES string of the molecule is CC(C(=O)N=C(N)SC(=N)CCSCCC(=N)SC(=N)N)c1ccccc1Cl. The van der Waals surface area contributed by atoms with Gasteiger partial charge in [0.2, 0.25) is 0 Å². The van der Waals surface area contributed by atoms with Gasteiger partial charge >= 0.3 is 0 Å². The first-order chi connectivity index (χ1) is 13.2. The van der Waals surface area contributed by atoms with Crippen LogP contribution in [-0.4, -0.2) is 37.8 Å². The van der Waals surface area contributed by atoms with Gasteiger partial charge in [-0.05, 0) is 53.6 Å². The molecular weight excluding hydrogens is 436 g/mol. The van der Waals surface area contributed by atoms with Crippen LogP contribution in [0.2, 0.25) is 5.02 Å². The van der Waals surface area contributed by atoms with E-state index in [2.05, 4.69) is 4.99 Å². The molecule has 1 aromatic carbocycles. The summed E-state index contributed by atoms with van der Waals surface area (Å²) in [7, 11) is 0. The Kier molecular flexibility index (Phi) is 11.3. The van der Waals surface area contributed by atoms with E-state index in [0.29, 0.717) is 45.0 Å². The summed E-state index contributed by atoms with van der Waals surface area (Å²) in [5, 5.41) is 23.8. The van der Waals surface area contributed by atoms with E-state index in [-0.39, 0.29) is 10.3 Å². The molecule has 1 rings (SSSR count). The van der Waals surface area contributed by atoms with E-state index < -0.39 is 11.8 Å². The zero-order chi connectivity index (χ0) is 21.1. The second kappa shape index (κ2) is 12.9. The molecule has 11 heteroatoms. The number of aliphatic imine (C=N–C) groups is 1. The summed E-state index contributed by atoms with van der Waals surface area (Å²) in [6, 6.07) is 7.09. The van der Waals surface area contributed by atoms with Crippen LogP contribution in [0.15, 0.2) is 29.3 Å². The van der Waals surface area contributed by atoms with Crippen molar-refractivity contribution in [3.05, 3.63) is 34.9 Å². The Morgan fingerprint density at radius 1 is 1.11 bits per heavy atom. The molecule has 0 aliphatic carbocycles. The number of carbonyl (C=O) groups excluding carboxylic acids is 1. The van der Waals surface area contributed by atoms with Crippen LogP contribution in [0.1, 0.15) is 31.2 Å². The molecule has 0 bridgehead atoms. The van der Waals surface area contributed by atoms with E-state index >= 15 is 0 Å². The lowest BCUT2D eigenvalue weighted by atomic mass is 10.0. The summed E-state index contributed by atoms with van der Waals surface area (Å²) in [6.07, 6.45) is 1.03. The maximum Gasteiger partial charge on any atom is 0.255 e. The van der Waals surface area contributed by atoms with Crippen LogP contribution in [-0.2, 0) is 4.79 Å². The molecule has 0 heterocycles. The highest BCUT2D eigenvalue weighted by Gasteiger charge is 2.18. The Balaban J connectivity index is 2.37. The molecule has 0 aliphatic rings. The van der Waals surface area contributed by atoms with Crippen molar-refractivity contribution in [2.45, 2.75) is 25.7 Å². The quantitative estimate of drug-likeness (QED) is 0.224. The second-order valence-corrected chi connectivity index (χ2v) is 9.44. The first kappa shape index (κ1) is 24.5. The predicted octanol–water partition coefficient (Wildman–Crippen LogP) is 4.11. The monoisotopic (exact) mass is 458 g/mol. The molecule has 7 nitrogen and oxygen atoms in total. The Morgan fingerprint density at radius 2 is 1.68 bits per heavy atom. The van der Waals surface area contributed by atoms with Gasteiger partial charge in [-0.3, -0.25) is 21.0 Å². The van der Waals surface area contributed by atoms with Crippen molar-refractivity contribution in [3.63, 3.8) is 0 Å². The number of thioether (sulfide) groups is 3. The lowest BCUT2D eigenvalue weighted by Gasteiger charge is -2.10. The number of benzene rings is 1. The van der Waals surface area contributed by atoms with Crippen LogP contribution in [0.4, 0.5) is 0 Å². The largest absolute Gasteiger partial charge is 0.378 e. The number of amidine groups is 2.